The van der Waals surface area contributed by atoms with E-state index in [1.54, 1.807) is 27.4 Å². The van der Waals surface area contributed by atoms with Crippen molar-refractivity contribution in [2.24, 2.45) is 0 Å². The van der Waals surface area contributed by atoms with Gasteiger partial charge in [0.05, 0.1) is 21.3 Å². The number of para-hydroxylation sites is 1. The Kier molecular flexibility index (Phi) is 4.77. The summed E-state index contributed by atoms with van der Waals surface area (Å²) in [6, 6.07) is 10.9. The van der Waals surface area contributed by atoms with Crippen molar-refractivity contribution in [1.82, 2.24) is 0 Å². The fourth-order valence-corrected chi connectivity index (χ4v) is 2.02. The minimum absolute atomic E-state index is 0.297. The van der Waals surface area contributed by atoms with E-state index in [4.69, 9.17) is 24.7 Å². The van der Waals surface area contributed by atoms with Crippen molar-refractivity contribution in [1.29, 1.82) is 0 Å². The second-order valence-electron chi connectivity index (χ2n) is 4.35. The van der Waals surface area contributed by atoms with Crippen molar-refractivity contribution in [2.45, 2.75) is 6.61 Å². The van der Waals surface area contributed by atoms with Gasteiger partial charge in [-0.15, -0.1) is 0 Å². The van der Waals surface area contributed by atoms with Gasteiger partial charge in [-0.1, -0.05) is 6.07 Å². The summed E-state index contributed by atoms with van der Waals surface area (Å²) in [5, 5.41) is 0. The standard InChI is InChI=1S/C16H19NO4/c1-18-13-8-7-12(17)9-11(13)10-21-16-14(19-2)5-4-6-15(16)20-3/h4-9H,10,17H2,1-3H3. The molecule has 0 fully saturated rings. The Hall–Kier alpha value is -2.56. The first-order valence-electron chi connectivity index (χ1n) is 6.45. The summed E-state index contributed by atoms with van der Waals surface area (Å²) in [6.07, 6.45) is 0. The van der Waals surface area contributed by atoms with Crippen LogP contribution in [0.15, 0.2) is 36.4 Å². The maximum atomic E-state index is 5.85. The molecule has 0 aliphatic heterocycles. The predicted octanol–water partition coefficient (Wildman–Crippen LogP) is 2.87. The summed E-state index contributed by atoms with van der Waals surface area (Å²) < 4.78 is 21.7. The monoisotopic (exact) mass is 289 g/mol. The van der Waals surface area contributed by atoms with Gasteiger partial charge in [-0.2, -0.15) is 0 Å². The number of hydrogen-bond acceptors (Lipinski definition) is 5. The predicted molar refractivity (Wildman–Crippen MR) is 81.3 cm³/mol. The second kappa shape index (κ2) is 6.74. The number of anilines is 1. The number of nitrogen functional groups attached to an aromatic ring is 1. The molecule has 0 saturated carbocycles. The number of hydrogen-bond donors (Lipinski definition) is 1. The minimum Gasteiger partial charge on any atom is -0.496 e. The molecule has 5 heteroatoms. The highest BCUT2D eigenvalue weighted by atomic mass is 16.5. The largest absolute Gasteiger partial charge is 0.496 e. The van der Waals surface area contributed by atoms with Crippen LogP contribution in [0.1, 0.15) is 5.56 Å². The lowest BCUT2D eigenvalue weighted by atomic mass is 10.2. The Bertz CT molecular complexity index is 591. The maximum absolute atomic E-state index is 5.85. The first-order chi connectivity index (χ1) is 10.2. The Morgan fingerprint density at radius 1 is 0.857 bits per heavy atom. The van der Waals surface area contributed by atoms with Crippen LogP contribution in [-0.4, -0.2) is 21.3 Å². The molecule has 0 unspecified atom stereocenters. The molecule has 0 amide bonds. The molecular formula is C16H19NO4. The van der Waals surface area contributed by atoms with Gasteiger partial charge in [0.1, 0.15) is 12.4 Å². The van der Waals surface area contributed by atoms with Crippen molar-refractivity contribution in [2.75, 3.05) is 27.1 Å². The number of rotatable bonds is 6. The third kappa shape index (κ3) is 3.31. The number of benzene rings is 2. The van der Waals surface area contributed by atoms with Crippen LogP contribution in [0.2, 0.25) is 0 Å². The van der Waals surface area contributed by atoms with E-state index in [9.17, 15) is 0 Å². The number of nitrogens with two attached hydrogens (primary N) is 1. The van der Waals surface area contributed by atoms with Gasteiger partial charge in [0.15, 0.2) is 11.5 Å². The molecule has 2 rings (SSSR count). The van der Waals surface area contributed by atoms with Gasteiger partial charge in [-0.05, 0) is 30.3 Å². The average molecular weight is 289 g/mol. The molecule has 5 nitrogen and oxygen atoms in total. The lowest BCUT2D eigenvalue weighted by Crippen LogP contribution is -2.02. The van der Waals surface area contributed by atoms with Gasteiger partial charge in [-0.3, -0.25) is 0 Å². The molecule has 0 bridgehead atoms. The molecule has 112 valence electrons. The highest BCUT2D eigenvalue weighted by molar-refractivity contribution is 5.52. The third-order valence-electron chi connectivity index (χ3n) is 3.06. The zero-order valence-electron chi connectivity index (χ0n) is 12.4. The van der Waals surface area contributed by atoms with Crippen LogP contribution in [-0.2, 0) is 6.61 Å². The van der Waals surface area contributed by atoms with Gasteiger partial charge < -0.3 is 24.7 Å². The zero-order chi connectivity index (χ0) is 15.2. The Labute approximate surface area is 124 Å². The molecule has 2 aromatic rings. The summed E-state index contributed by atoms with van der Waals surface area (Å²) in [4.78, 5) is 0. The Balaban J connectivity index is 2.26. The van der Waals surface area contributed by atoms with E-state index in [0.29, 0.717) is 29.5 Å². The smallest absolute Gasteiger partial charge is 0.203 e. The van der Waals surface area contributed by atoms with Crippen molar-refractivity contribution >= 4 is 5.69 Å². The lowest BCUT2D eigenvalue weighted by molar-refractivity contribution is 0.261. The summed E-state index contributed by atoms with van der Waals surface area (Å²) in [5.74, 6) is 2.49. The molecule has 0 saturated heterocycles. The van der Waals surface area contributed by atoms with Crippen LogP contribution < -0.4 is 24.7 Å². The first-order valence-corrected chi connectivity index (χ1v) is 6.45. The van der Waals surface area contributed by atoms with Gasteiger partial charge in [0, 0.05) is 11.3 Å². The topological polar surface area (TPSA) is 62.9 Å². The molecular weight excluding hydrogens is 270 g/mol. The zero-order valence-corrected chi connectivity index (χ0v) is 12.4. The summed E-state index contributed by atoms with van der Waals surface area (Å²) in [7, 11) is 4.78. The van der Waals surface area contributed by atoms with E-state index < -0.39 is 0 Å². The Morgan fingerprint density at radius 2 is 1.48 bits per heavy atom. The first kappa shape index (κ1) is 14.8. The number of methoxy groups -OCH3 is 3. The summed E-state index contributed by atoms with van der Waals surface area (Å²) >= 11 is 0. The summed E-state index contributed by atoms with van der Waals surface area (Å²) in [5.41, 5.74) is 7.31. The van der Waals surface area contributed by atoms with E-state index >= 15 is 0 Å². The molecule has 0 aromatic heterocycles. The van der Waals surface area contributed by atoms with E-state index in [1.807, 2.05) is 30.3 Å². The van der Waals surface area contributed by atoms with Crippen LogP contribution in [0.5, 0.6) is 23.0 Å². The molecule has 0 aliphatic rings. The van der Waals surface area contributed by atoms with Crippen LogP contribution in [0.4, 0.5) is 5.69 Å². The third-order valence-corrected chi connectivity index (χ3v) is 3.06. The molecule has 2 N–H and O–H groups in total. The van der Waals surface area contributed by atoms with Crippen LogP contribution >= 0.6 is 0 Å². The fourth-order valence-electron chi connectivity index (χ4n) is 2.02. The van der Waals surface area contributed by atoms with E-state index in [0.717, 1.165) is 11.3 Å². The summed E-state index contributed by atoms with van der Waals surface area (Å²) in [6.45, 7) is 0.297. The molecule has 0 atom stereocenters. The van der Waals surface area contributed by atoms with Gasteiger partial charge >= 0.3 is 0 Å². The normalized spacial score (nSPS) is 10.0. The molecule has 21 heavy (non-hydrogen) atoms. The van der Waals surface area contributed by atoms with E-state index in [2.05, 4.69) is 0 Å². The van der Waals surface area contributed by atoms with Gasteiger partial charge in [-0.25, -0.2) is 0 Å². The van der Waals surface area contributed by atoms with Crippen LogP contribution in [0.25, 0.3) is 0 Å². The molecule has 0 radical (unpaired) electrons. The maximum Gasteiger partial charge on any atom is 0.203 e. The highest BCUT2D eigenvalue weighted by Crippen LogP contribution is 2.37. The second-order valence-corrected chi connectivity index (χ2v) is 4.35. The fraction of sp³-hybridized carbons (Fsp3) is 0.250. The molecule has 0 aliphatic carbocycles. The van der Waals surface area contributed by atoms with Crippen LogP contribution in [0, 0.1) is 0 Å². The van der Waals surface area contributed by atoms with Crippen molar-refractivity contribution in [3.8, 4) is 23.0 Å². The van der Waals surface area contributed by atoms with Crippen LogP contribution in [0.3, 0.4) is 0 Å². The molecule has 2 aromatic carbocycles. The Morgan fingerprint density at radius 3 is 2.05 bits per heavy atom. The average Bonchev–Trinajstić information content (AvgIpc) is 2.52. The lowest BCUT2D eigenvalue weighted by Gasteiger charge is -2.15. The molecule has 0 heterocycles. The van der Waals surface area contributed by atoms with Gasteiger partial charge in [0.2, 0.25) is 5.75 Å². The highest BCUT2D eigenvalue weighted by Gasteiger charge is 2.13. The molecule has 0 spiro atoms. The van der Waals surface area contributed by atoms with Crippen molar-refractivity contribution in [3.05, 3.63) is 42.0 Å². The minimum atomic E-state index is 0.297. The van der Waals surface area contributed by atoms with E-state index in [1.165, 1.54) is 0 Å². The van der Waals surface area contributed by atoms with Crippen molar-refractivity contribution < 1.29 is 18.9 Å². The van der Waals surface area contributed by atoms with Crippen molar-refractivity contribution in [3.63, 3.8) is 0 Å². The quantitative estimate of drug-likeness (QED) is 0.828. The number of ether oxygens (including phenoxy) is 4. The van der Waals surface area contributed by atoms with E-state index in [-0.39, 0.29) is 0 Å². The SMILES string of the molecule is COc1ccc(N)cc1COc1c(OC)cccc1OC. The van der Waals surface area contributed by atoms with Gasteiger partial charge in [0.25, 0.3) is 0 Å².